The SMILES string of the molecule is CCNC(=NCc1ccc(Cn2cnc3ccccc32)cc1)NCc1cc(C(C)C)no1.I. The molecule has 0 amide bonds. The van der Waals surface area contributed by atoms with Crippen molar-refractivity contribution in [2.45, 2.75) is 46.3 Å². The van der Waals surface area contributed by atoms with Crippen LogP contribution in [0.3, 0.4) is 0 Å². The van der Waals surface area contributed by atoms with Crippen LogP contribution >= 0.6 is 24.0 Å². The van der Waals surface area contributed by atoms with E-state index in [2.05, 4.69) is 76.4 Å². The van der Waals surface area contributed by atoms with Gasteiger partial charge in [0.2, 0.25) is 0 Å². The maximum Gasteiger partial charge on any atom is 0.191 e. The van der Waals surface area contributed by atoms with Gasteiger partial charge in [-0.25, -0.2) is 9.98 Å². The van der Waals surface area contributed by atoms with Gasteiger partial charge in [0.25, 0.3) is 0 Å². The van der Waals surface area contributed by atoms with Gasteiger partial charge in [0, 0.05) is 19.2 Å². The number of para-hydroxylation sites is 2. The molecular formula is C25H31IN6O. The van der Waals surface area contributed by atoms with Crippen LogP contribution in [0.4, 0.5) is 0 Å². The molecule has 0 fully saturated rings. The van der Waals surface area contributed by atoms with Crippen LogP contribution in [-0.2, 0) is 19.6 Å². The summed E-state index contributed by atoms with van der Waals surface area (Å²) in [5, 5.41) is 10.7. The highest BCUT2D eigenvalue weighted by molar-refractivity contribution is 14.0. The molecule has 0 spiro atoms. The summed E-state index contributed by atoms with van der Waals surface area (Å²) in [6.07, 6.45) is 1.90. The highest BCUT2D eigenvalue weighted by Gasteiger charge is 2.08. The lowest BCUT2D eigenvalue weighted by Gasteiger charge is -2.10. The van der Waals surface area contributed by atoms with Crippen LogP contribution in [0.15, 0.2) is 70.4 Å². The standard InChI is InChI=1S/C25H30N6O.HI/c1-4-26-25(28-15-21-13-23(18(2)3)30-32-21)27-14-19-9-11-20(12-10-19)16-31-17-29-22-7-5-6-8-24(22)31;/h5-13,17-18H,4,14-16H2,1-3H3,(H2,26,27,28);1H. The van der Waals surface area contributed by atoms with E-state index in [0.717, 1.165) is 47.1 Å². The quantitative estimate of drug-likeness (QED) is 0.179. The van der Waals surface area contributed by atoms with Gasteiger partial charge < -0.3 is 19.7 Å². The second-order valence-corrected chi connectivity index (χ2v) is 8.10. The van der Waals surface area contributed by atoms with Crippen LogP contribution in [0.1, 0.15) is 49.3 Å². The van der Waals surface area contributed by atoms with Gasteiger partial charge in [-0.2, -0.15) is 0 Å². The number of hydrogen-bond acceptors (Lipinski definition) is 4. The van der Waals surface area contributed by atoms with Crippen molar-refractivity contribution in [2.24, 2.45) is 4.99 Å². The summed E-state index contributed by atoms with van der Waals surface area (Å²) in [7, 11) is 0. The van der Waals surface area contributed by atoms with Crippen molar-refractivity contribution < 1.29 is 4.52 Å². The van der Waals surface area contributed by atoms with E-state index in [1.807, 2.05) is 30.6 Å². The fourth-order valence-corrected chi connectivity index (χ4v) is 3.45. The third-order valence-electron chi connectivity index (χ3n) is 5.27. The molecule has 2 aromatic heterocycles. The molecule has 174 valence electrons. The van der Waals surface area contributed by atoms with Gasteiger partial charge in [0.1, 0.15) is 0 Å². The van der Waals surface area contributed by atoms with E-state index < -0.39 is 0 Å². The summed E-state index contributed by atoms with van der Waals surface area (Å²) in [5.41, 5.74) is 5.52. The minimum Gasteiger partial charge on any atom is -0.359 e. The van der Waals surface area contributed by atoms with Crippen LogP contribution < -0.4 is 10.6 Å². The first-order valence-electron chi connectivity index (χ1n) is 11.1. The first kappa shape index (κ1) is 24.8. The first-order valence-corrected chi connectivity index (χ1v) is 11.1. The van der Waals surface area contributed by atoms with Gasteiger partial charge in [-0.1, -0.05) is 55.4 Å². The smallest absolute Gasteiger partial charge is 0.191 e. The molecule has 2 heterocycles. The maximum absolute atomic E-state index is 5.40. The number of benzene rings is 2. The molecule has 0 aliphatic heterocycles. The monoisotopic (exact) mass is 558 g/mol. The minimum absolute atomic E-state index is 0. The van der Waals surface area contributed by atoms with Gasteiger partial charge >= 0.3 is 0 Å². The van der Waals surface area contributed by atoms with E-state index in [1.165, 1.54) is 5.56 Å². The Hall–Kier alpha value is -2.88. The Bertz CT molecular complexity index is 1180. The number of aliphatic imine (C=N–C) groups is 1. The Balaban J connectivity index is 0.00000306. The Morgan fingerprint density at radius 2 is 1.82 bits per heavy atom. The lowest BCUT2D eigenvalue weighted by Crippen LogP contribution is -2.36. The zero-order valence-corrected chi connectivity index (χ0v) is 21.6. The second-order valence-electron chi connectivity index (χ2n) is 8.10. The van der Waals surface area contributed by atoms with Crippen molar-refractivity contribution in [3.8, 4) is 0 Å². The van der Waals surface area contributed by atoms with E-state index in [4.69, 9.17) is 9.52 Å². The number of guanidine groups is 1. The van der Waals surface area contributed by atoms with Crippen LogP contribution in [-0.4, -0.2) is 27.2 Å². The highest BCUT2D eigenvalue weighted by Crippen LogP contribution is 2.15. The largest absolute Gasteiger partial charge is 0.359 e. The molecule has 0 atom stereocenters. The molecule has 0 unspecified atom stereocenters. The zero-order valence-electron chi connectivity index (χ0n) is 19.3. The van der Waals surface area contributed by atoms with Gasteiger partial charge in [-0.15, -0.1) is 24.0 Å². The van der Waals surface area contributed by atoms with Gasteiger partial charge in [0.05, 0.1) is 36.1 Å². The molecule has 2 N–H and O–H groups in total. The molecule has 7 nitrogen and oxygen atoms in total. The minimum atomic E-state index is 0. The predicted octanol–water partition coefficient (Wildman–Crippen LogP) is 5.07. The van der Waals surface area contributed by atoms with Crippen molar-refractivity contribution in [1.82, 2.24) is 25.3 Å². The van der Waals surface area contributed by atoms with E-state index in [1.54, 1.807) is 0 Å². The summed E-state index contributed by atoms with van der Waals surface area (Å²) in [6.45, 7) is 8.98. The lowest BCUT2D eigenvalue weighted by atomic mass is 10.1. The Labute approximate surface area is 211 Å². The number of nitrogens with zero attached hydrogens (tertiary/aromatic N) is 4. The summed E-state index contributed by atoms with van der Waals surface area (Å²) >= 11 is 0. The molecule has 0 radical (unpaired) electrons. The van der Waals surface area contributed by atoms with Crippen LogP contribution in [0.5, 0.6) is 0 Å². The van der Waals surface area contributed by atoms with Crippen LogP contribution in [0.25, 0.3) is 11.0 Å². The summed E-state index contributed by atoms with van der Waals surface area (Å²) in [4.78, 5) is 9.17. The van der Waals surface area contributed by atoms with Gasteiger partial charge in [0.15, 0.2) is 11.7 Å². The van der Waals surface area contributed by atoms with Crippen molar-refractivity contribution in [3.63, 3.8) is 0 Å². The summed E-state index contributed by atoms with van der Waals surface area (Å²) in [6, 6.07) is 18.8. The number of fused-ring (bicyclic) bond motifs is 1. The Kier molecular flexibility index (Phi) is 8.87. The number of hydrogen-bond donors (Lipinski definition) is 2. The number of halogens is 1. The lowest BCUT2D eigenvalue weighted by molar-refractivity contribution is 0.372. The predicted molar refractivity (Wildman–Crippen MR) is 143 cm³/mol. The van der Waals surface area contributed by atoms with Crippen LogP contribution in [0, 0.1) is 0 Å². The van der Waals surface area contributed by atoms with E-state index in [-0.39, 0.29) is 24.0 Å². The van der Waals surface area contributed by atoms with Gasteiger partial charge in [-0.05, 0) is 36.1 Å². The van der Waals surface area contributed by atoms with E-state index >= 15 is 0 Å². The van der Waals surface area contributed by atoms with Crippen molar-refractivity contribution >= 4 is 41.0 Å². The number of nitrogens with one attached hydrogen (secondary N) is 2. The molecule has 33 heavy (non-hydrogen) atoms. The normalized spacial score (nSPS) is 11.6. The molecule has 0 bridgehead atoms. The zero-order chi connectivity index (χ0) is 22.3. The average molecular weight is 558 g/mol. The highest BCUT2D eigenvalue weighted by atomic mass is 127. The van der Waals surface area contributed by atoms with Gasteiger partial charge in [-0.3, -0.25) is 0 Å². The Morgan fingerprint density at radius 3 is 2.55 bits per heavy atom. The maximum atomic E-state index is 5.40. The molecular weight excluding hydrogens is 527 g/mol. The average Bonchev–Trinajstić information content (AvgIpc) is 3.44. The fourth-order valence-electron chi connectivity index (χ4n) is 3.45. The molecule has 2 aromatic carbocycles. The molecule has 0 saturated heterocycles. The second kappa shape index (κ2) is 11.8. The van der Waals surface area contributed by atoms with Crippen molar-refractivity contribution in [2.75, 3.05) is 6.54 Å². The molecule has 0 saturated carbocycles. The number of aromatic nitrogens is 3. The topological polar surface area (TPSA) is 80.3 Å². The fraction of sp³-hybridized carbons (Fsp3) is 0.320. The third-order valence-corrected chi connectivity index (χ3v) is 5.27. The molecule has 0 aliphatic rings. The van der Waals surface area contributed by atoms with Crippen LogP contribution in [0.2, 0.25) is 0 Å². The summed E-state index contributed by atoms with van der Waals surface area (Å²) in [5.74, 6) is 1.91. The number of rotatable bonds is 8. The van der Waals surface area contributed by atoms with E-state index in [0.29, 0.717) is 19.0 Å². The molecule has 4 rings (SSSR count). The third kappa shape index (κ3) is 6.56. The molecule has 4 aromatic rings. The number of imidazole rings is 1. The van der Waals surface area contributed by atoms with Crippen molar-refractivity contribution in [1.29, 1.82) is 0 Å². The summed E-state index contributed by atoms with van der Waals surface area (Å²) < 4.78 is 7.57. The molecule has 0 aliphatic carbocycles. The first-order chi connectivity index (χ1) is 15.6. The Morgan fingerprint density at radius 1 is 1.06 bits per heavy atom. The van der Waals surface area contributed by atoms with E-state index in [9.17, 15) is 0 Å². The molecule has 8 heteroatoms. The van der Waals surface area contributed by atoms with Crippen molar-refractivity contribution in [3.05, 3.63) is 83.5 Å².